The minimum absolute atomic E-state index is 0.160. The first kappa shape index (κ1) is 16.7. The average molecular weight is 337 g/mol. The monoisotopic (exact) mass is 337 g/mol. The van der Waals surface area contributed by atoms with Gasteiger partial charge in [0, 0.05) is 0 Å². The van der Waals surface area contributed by atoms with Crippen LogP contribution in [0.15, 0.2) is 58.1 Å². The van der Waals surface area contributed by atoms with E-state index in [0.717, 1.165) is 11.1 Å². The second-order valence-electron chi connectivity index (χ2n) is 6.01. The van der Waals surface area contributed by atoms with Crippen LogP contribution in [-0.2, 0) is 11.3 Å². The lowest BCUT2D eigenvalue weighted by Gasteiger charge is -2.17. The molecule has 0 radical (unpaired) electrons. The SMILES string of the molecule is Cc1ccccc1[C@H](C)NC(=O)Cn1c(=O)[nH]c(=O)c2ccccc21. The van der Waals surface area contributed by atoms with Crippen LogP contribution in [0.5, 0.6) is 0 Å². The molecule has 3 rings (SSSR count). The van der Waals surface area contributed by atoms with Gasteiger partial charge >= 0.3 is 5.69 Å². The fourth-order valence-electron chi connectivity index (χ4n) is 2.98. The Hall–Kier alpha value is -3.15. The van der Waals surface area contributed by atoms with E-state index < -0.39 is 11.2 Å². The maximum absolute atomic E-state index is 12.4. The third kappa shape index (κ3) is 3.38. The van der Waals surface area contributed by atoms with Gasteiger partial charge in [0.25, 0.3) is 5.56 Å². The molecule has 0 saturated carbocycles. The number of H-pyrrole nitrogens is 1. The Morgan fingerprint density at radius 3 is 2.56 bits per heavy atom. The number of carbonyl (C=O) groups excluding carboxylic acids is 1. The smallest absolute Gasteiger partial charge is 0.329 e. The molecule has 0 fully saturated rings. The van der Waals surface area contributed by atoms with Crippen molar-refractivity contribution >= 4 is 16.8 Å². The van der Waals surface area contributed by atoms with Crippen LogP contribution in [0.1, 0.15) is 24.1 Å². The molecule has 6 heteroatoms. The highest BCUT2D eigenvalue weighted by Crippen LogP contribution is 2.16. The van der Waals surface area contributed by atoms with Crippen molar-refractivity contribution in [3.05, 3.63) is 80.5 Å². The summed E-state index contributed by atoms with van der Waals surface area (Å²) in [6, 6.07) is 14.4. The van der Waals surface area contributed by atoms with Crippen LogP contribution in [0.2, 0.25) is 0 Å². The molecule has 0 aliphatic rings. The highest BCUT2D eigenvalue weighted by molar-refractivity contribution is 5.81. The topological polar surface area (TPSA) is 84.0 Å². The Labute approximate surface area is 144 Å². The largest absolute Gasteiger partial charge is 0.348 e. The van der Waals surface area contributed by atoms with Crippen LogP contribution in [0, 0.1) is 6.92 Å². The summed E-state index contributed by atoms with van der Waals surface area (Å²) in [4.78, 5) is 38.7. The minimum atomic E-state index is -0.595. The zero-order valence-electron chi connectivity index (χ0n) is 14.1. The molecular formula is C19H19N3O3. The third-order valence-electron chi connectivity index (χ3n) is 4.24. The van der Waals surface area contributed by atoms with Crippen molar-refractivity contribution in [3.8, 4) is 0 Å². The van der Waals surface area contributed by atoms with Crippen molar-refractivity contribution in [1.82, 2.24) is 14.9 Å². The molecule has 2 N–H and O–H groups in total. The lowest BCUT2D eigenvalue weighted by Crippen LogP contribution is -2.37. The van der Waals surface area contributed by atoms with Crippen LogP contribution in [-0.4, -0.2) is 15.5 Å². The summed E-state index contributed by atoms with van der Waals surface area (Å²) in [6.45, 7) is 3.72. The molecule has 0 unspecified atom stereocenters. The van der Waals surface area contributed by atoms with Crippen molar-refractivity contribution in [2.75, 3.05) is 0 Å². The standard InChI is InChI=1S/C19H19N3O3/c1-12-7-3-4-8-14(12)13(2)20-17(23)11-22-16-10-6-5-9-15(16)18(24)21-19(22)25/h3-10,13H,11H2,1-2H3,(H,20,23)(H,21,24,25)/t13-/m0/s1. The van der Waals surface area contributed by atoms with Crippen molar-refractivity contribution in [3.63, 3.8) is 0 Å². The number of aromatic nitrogens is 2. The zero-order chi connectivity index (χ0) is 18.0. The Morgan fingerprint density at radius 1 is 1.12 bits per heavy atom. The van der Waals surface area contributed by atoms with Crippen molar-refractivity contribution in [2.24, 2.45) is 0 Å². The first-order chi connectivity index (χ1) is 12.0. The van der Waals surface area contributed by atoms with E-state index in [1.807, 2.05) is 38.1 Å². The fraction of sp³-hybridized carbons (Fsp3) is 0.211. The van der Waals surface area contributed by atoms with E-state index in [1.54, 1.807) is 24.3 Å². The second-order valence-corrected chi connectivity index (χ2v) is 6.01. The van der Waals surface area contributed by atoms with Gasteiger partial charge in [-0.05, 0) is 37.1 Å². The summed E-state index contributed by atoms with van der Waals surface area (Å²) >= 11 is 0. The van der Waals surface area contributed by atoms with Crippen LogP contribution >= 0.6 is 0 Å². The van der Waals surface area contributed by atoms with Crippen molar-refractivity contribution < 1.29 is 4.79 Å². The molecule has 6 nitrogen and oxygen atoms in total. The molecule has 128 valence electrons. The average Bonchev–Trinajstić information content (AvgIpc) is 2.59. The van der Waals surface area contributed by atoms with E-state index in [9.17, 15) is 14.4 Å². The predicted molar refractivity (Wildman–Crippen MR) is 96.6 cm³/mol. The zero-order valence-corrected chi connectivity index (χ0v) is 14.1. The Balaban J connectivity index is 1.87. The van der Waals surface area contributed by atoms with E-state index in [4.69, 9.17) is 0 Å². The number of nitrogens with one attached hydrogen (secondary N) is 2. The van der Waals surface area contributed by atoms with Crippen molar-refractivity contribution in [2.45, 2.75) is 26.4 Å². The summed E-state index contributed by atoms with van der Waals surface area (Å²) in [5, 5.41) is 3.28. The maximum Gasteiger partial charge on any atom is 0.329 e. The van der Waals surface area contributed by atoms with Gasteiger partial charge in [0.15, 0.2) is 0 Å². The van der Waals surface area contributed by atoms with Crippen molar-refractivity contribution in [1.29, 1.82) is 0 Å². The molecule has 2 aromatic carbocycles. The van der Waals surface area contributed by atoms with Gasteiger partial charge in [-0.25, -0.2) is 4.79 Å². The van der Waals surface area contributed by atoms with Crippen LogP contribution in [0.4, 0.5) is 0 Å². The lowest BCUT2D eigenvalue weighted by atomic mass is 10.0. The first-order valence-electron chi connectivity index (χ1n) is 8.04. The normalized spacial score (nSPS) is 12.1. The van der Waals surface area contributed by atoms with E-state index in [1.165, 1.54) is 4.57 Å². The highest BCUT2D eigenvalue weighted by atomic mass is 16.2. The van der Waals surface area contributed by atoms with E-state index in [-0.39, 0.29) is 18.5 Å². The van der Waals surface area contributed by atoms with Gasteiger partial charge in [-0.3, -0.25) is 19.1 Å². The van der Waals surface area contributed by atoms with E-state index in [0.29, 0.717) is 10.9 Å². The van der Waals surface area contributed by atoms with E-state index >= 15 is 0 Å². The van der Waals surface area contributed by atoms with Crippen LogP contribution in [0.25, 0.3) is 10.9 Å². The predicted octanol–water partition coefficient (Wildman–Crippen LogP) is 1.88. The summed E-state index contributed by atoms with van der Waals surface area (Å²) in [6.07, 6.45) is 0. The molecule has 0 aliphatic carbocycles. The number of fused-ring (bicyclic) bond motifs is 1. The molecule has 1 atom stereocenters. The highest BCUT2D eigenvalue weighted by Gasteiger charge is 2.14. The van der Waals surface area contributed by atoms with E-state index in [2.05, 4.69) is 10.3 Å². The Morgan fingerprint density at radius 2 is 1.80 bits per heavy atom. The number of aromatic amines is 1. The fourth-order valence-corrected chi connectivity index (χ4v) is 2.98. The number of hydrogen-bond donors (Lipinski definition) is 2. The molecular weight excluding hydrogens is 318 g/mol. The van der Waals surface area contributed by atoms with Gasteiger partial charge < -0.3 is 5.32 Å². The quantitative estimate of drug-likeness (QED) is 0.762. The molecule has 1 heterocycles. The first-order valence-corrected chi connectivity index (χ1v) is 8.04. The van der Waals surface area contributed by atoms with Gasteiger partial charge in [-0.15, -0.1) is 0 Å². The maximum atomic E-state index is 12.4. The number of hydrogen-bond acceptors (Lipinski definition) is 3. The molecule has 1 amide bonds. The number of nitrogens with zero attached hydrogens (tertiary/aromatic N) is 1. The third-order valence-corrected chi connectivity index (χ3v) is 4.24. The van der Waals surface area contributed by atoms with Gasteiger partial charge in [0.1, 0.15) is 6.54 Å². The molecule has 1 aromatic heterocycles. The summed E-state index contributed by atoms with van der Waals surface area (Å²) in [5.74, 6) is -0.296. The van der Waals surface area contributed by atoms with Gasteiger partial charge in [0.2, 0.25) is 5.91 Å². The molecule has 0 spiro atoms. The van der Waals surface area contributed by atoms with Gasteiger partial charge in [-0.2, -0.15) is 0 Å². The number of carbonyl (C=O) groups is 1. The molecule has 3 aromatic rings. The summed E-state index contributed by atoms with van der Waals surface area (Å²) in [7, 11) is 0. The summed E-state index contributed by atoms with van der Waals surface area (Å²) < 4.78 is 1.27. The van der Waals surface area contributed by atoms with Gasteiger partial charge in [-0.1, -0.05) is 36.4 Å². The molecule has 0 aliphatic heterocycles. The second kappa shape index (κ2) is 6.76. The number of amides is 1. The number of para-hydroxylation sites is 1. The van der Waals surface area contributed by atoms with Gasteiger partial charge in [0.05, 0.1) is 16.9 Å². The molecule has 25 heavy (non-hydrogen) atoms. The Bertz CT molecular complexity index is 1050. The molecule has 0 saturated heterocycles. The lowest BCUT2D eigenvalue weighted by molar-refractivity contribution is -0.122. The minimum Gasteiger partial charge on any atom is -0.348 e. The Kier molecular flexibility index (Phi) is 4.52. The molecule has 0 bridgehead atoms. The summed E-state index contributed by atoms with van der Waals surface area (Å²) in [5.41, 5.74) is 1.50. The number of aryl methyl sites for hydroxylation is 1. The number of benzene rings is 2. The van der Waals surface area contributed by atoms with Crippen LogP contribution < -0.4 is 16.6 Å². The van der Waals surface area contributed by atoms with Crippen LogP contribution in [0.3, 0.4) is 0 Å². The number of rotatable bonds is 4.